The number of aliphatic carboxylic acids is 3. The highest BCUT2D eigenvalue weighted by Crippen LogP contribution is 2.12. The molecule has 0 saturated heterocycles. The second-order valence-corrected chi connectivity index (χ2v) is 8.41. The first-order valence-corrected chi connectivity index (χ1v) is 11.9. The van der Waals surface area contributed by atoms with Gasteiger partial charge in [-0.25, -0.2) is 0 Å². The van der Waals surface area contributed by atoms with E-state index in [9.17, 15) is 14.4 Å². The van der Waals surface area contributed by atoms with Crippen LogP contribution in [-0.2, 0) is 14.4 Å². The van der Waals surface area contributed by atoms with Crippen LogP contribution in [0.4, 0.5) is 0 Å². The van der Waals surface area contributed by atoms with E-state index in [1.165, 1.54) is 69.1 Å². The molecule has 8 heteroatoms. The van der Waals surface area contributed by atoms with Crippen molar-refractivity contribution in [1.82, 2.24) is 9.80 Å². The molecular weight excluding hydrogens is 400 g/mol. The van der Waals surface area contributed by atoms with Crippen molar-refractivity contribution in [3.8, 4) is 0 Å². The molecule has 0 fully saturated rings. The molecule has 3 N–H and O–H groups in total. The highest BCUT2D eigenvalue weighted by molar-refractivity contribution is 5.72. The van der Waals surface area contributed by atoms with E-state index in [4.69, 9.17) is 15.3 Å². The van der Waals surface area contributed by atoms with Gasteiger partial charge in [-0.15, -0.1) is 0 Å². The van der Waals surface area contributed by atoms with Crippen LogP contribution in [0, 0.1) is 0 Å². The number of unbranched alkanes of at least 4 members (excludes halogenated alkanes) is 11. The second kappa shape index (κ2) is 20.2. The quantitative estimate of drug-likeness (QED) is 0.203. The molecule has 182 valence electrons. The average molecular weight is 445 g/mol. The Labute approximate surface area is 187 Å². The first-order chi connectivity index (χ1) is 14.8. The number of rotatable bonds is 23. The van der Waals surface area contributed by atoms with Gasteiger partial charge >= 0.3 is 17.9 Å². The molecule has 0 aromatic carbocycles. The summed E-state index contributed by atoms with van der Waals surface area (Å²) < 4.78 is 0. The lowest BCUT2D eigenvalue weighted by Gasteiger charge is -2.23. The van der Waals surface area contributed by atoms with Gasteiger partial charge < -0.3 is 15.3 Å². The zero-order valence-electron chi connectivity index (χ0n) is 19.4. The number of nitrogens with zero attached hydrogens (tertiary/aromatic N) is 2. The van der Waals surface area contributed by atoms with Crippen LogP contribution in [0.25, 0.3) is 0 Å². The summed E-state index contributed by atoms with van der Waals surface area (Å²) in [4.78, 5) is 36.0. The Morgan fingerprint density at radius 1 is 0.484 bits per heavy atom. The van der Waals surface area contributed by atoms with Crippen molar-refractivity contribution < 1.29 is 29.7 Å². The van der Waals surface area contributed by atoms with E-state index >= 15 is 0 Å². The molecule has 0 rings (SSSR count). The summed E-state index contributed by atoms with van der Waals surface area (Å²) in [5.74, 6) is -3.02. The van der Waals surface area contributed by atoms with E-state index in [-0.39, 0.29) is 19.6 Å². The fourth-order valence-corrected chi connectivity index (χ4v) is 3.75. The summed E-state index contributed by atoms with van der Waals surface area (Å²) in [6.45, 7) is 3.05. The first-order valence-electron chi connectivity index (χ1n) is 11.9. The maximum absolute atomic E-state index is 11.1. The van der Waals surface area contributed by atoms with E-state index < -0.39 is 17.9 Å². The van der Waals surface area contributed by atoms with Crippen molar-refractivity contribution >= 4 is 17.9 Å². The van der Waals surface area contributed by atoms with Gasteiger partial charge in [-0.1, -0.05) is 77.6 Å². The van der Waals surface area contributed by atoms with Crippen LogP contribution in [0.2, 0.25) is 0 Å². The molecule has 0 aliphatic rings. The number of carboxylic acids is 3. The molecule has 8 nitrogen and oxygen atoms in total. The molecule has 0 amide bonds. The van der Waals surface area contributed by atoms with E-state index in [2.05, 4.69) is 6.92 Å². The van der Waals surface area contributed by atoms with Gasteiger partial charge in [-0.3, -0.25) is 24.2 Å². The fraction of sp³-hybridized carbons (Fsp3) is 0.870. The molecule has 0 aliphatic carbocycles. The average Bonchev–Trinajstić information content (AvgIpc) is 2.67. The van der Waals surface area contributed by atoms with Crippen LogP contribution >= 0.6 is 0 Å². The summed E-state index contributed by atoms with van der Waals surface area (Å²) in [6, 6.07) is 0. The normalized spacial score (nSPS) is 11.3. The molecular formula is C23H44N2O6. The molecule has 0 saturated carbocycles. The Kier molecular flexibility index (Phi) is 19.2. The van der Waals surface area contributed by atoms with Gasteiger partial charge in [0.25, 0.3) is 0 Å². The molecule has 0 aromatic heterocycles. The molecule has 0 aliphatic heterocycles. The van der Waals surface area contributed by atoms with E-state index in [0.717, 1.165) is 12.8 Å². The highest BCUT2D eigenvalue weighted by atomic mass is 16.4. The topological polar surface area (TPSA) is 118 Å². The summed E-state index contributed by atoms with van der Waals surface area (Å²) in [7, 11) is 0. The van der Waals surface area contributed by atoms with E-state index in [1.54, 1.807) is 0 Å². The van der Waals surface area contributed by atoms with Gasteiger partial charge in [0, 0.05) is 6.54 Å². The summed E-state index contributed by atoms with van der Waals surface area (Å²) in [5, 5.41) is 26.9. The van der Waals surface area contributed by atoms with Crippen LogP contribution in [0.1, 0.15) is 90.4 Å². The van der Waals surface area contributed by atoms with Crippen LogP contribution in [0.15, 0.2) is 0 Å². The maximum Gasteiger partial charge on any atom is 0.317 e. The molecule has 0 radical (unpaired) electrons. The number of carboxylic acid groups (broad SMARTS) is 3. The standard InChI is InChI=1S/C23H44N2O6/c1-2-3-4-5-6-7-8-9-10-11-12-13-15-24(18-21(26)27)16-14-17-25(19-22(28)29)20-23(30)31/h2-20H2,1H3,(H,26,27)(H,28,29)(H,30,31). The number of hydrogen-bond acceptors (Lipinski definition) is 5. The Balaban J connectivity index is 3.93. The van der Waals surface area contributed by atoms with Crippen molar-refractivity contribution in [2.45, 2.75) is 90.4 Å². The van der Waals surface area contributed by atoms with Crippen molar-refractivity contribution in [1.29, 1.82) is 0 Å². The minimum atomic E-state index is -1.07. The van der Waals surface area contributed by atoms with Gasteiger partial charge in [-0.05, 0) is 25.9 Å². The lowest BCUT2D eigenvalue weighted by Crippen LogP contribution is -2.38. The van der Waals surface area contributed by atoms with Gasteiger partial charge in [-0.2, -0.15) is 0 Å². The van der Waals surface area contributed by atoms with Crippen molar-refractivity contribution in [3.05, 3.63) is 0 Å². The third-order valence-corrected chi connectivity index (χ3v) is 5.35. The lowest BCUT2D eigenvalue weighted by molar-refractivity contribution is -0.142. The predicted molar refractivity (Wildman–Crippen MR) is 121 cm³/mol. The Morgan fingerprint density at radius 3 is 1.23 bits per heavy atom. The minimum Gasteiger partial charge on any atom is -0.480 e. The molecule has 0 aromatic rings. The van der Waals surface area contributed by atoms with Crippen molar-refractivity contribution in [2.24, 2.45) is 0 Å². The lowest BCUT2D eigenvalue weighted by atomic mass is 10.1. The first kappa shape index (κ1) is 29.3. The predicted octanol–water partition coefficient (Wildman–Crippen LogP) is 3.94. The van der Waals surface area contributed by atoms with Crippen LogP contribution in [0.5, 0.6) is 0 Å². The maximum atomic E-state index is 11.1. The smallest absolute Gasteiger partial charge is 0.317 e. The molecule has 0 bridgehead atoms. The summed E-state index contributed by atoms with van der Waals surface area (Å²) in [6.07, 6.45) is 15.6. The highest BCUT2D eigenvalue weighted by Gasteiger charge is 2.15. The SMILES string of the molecule is CCCCCCCCCCCCCCN(CCCN(CC(=O)O)CC(=O)O)CC(=O)O. The van der Waals surface area contributed by atoms with E-state index in [1.807, 2.05) is 4.90 Å². The van der Waals surface area contributed by atoms with Crippen molar-refractivity contribution in [3.63, 3.8) is 0 Å². The van der Waals surface area contributed by atoms with Crippen LogP contribution < -0.4 is 0 Å². The van der Waals surface area contributed by atoms with Crippen LogP contribution in [-0.4, -0.2) is 82.3 Å². The molecule has 31 heavy (non-hydrogen) atoms. The molecule has 0 unspecified atom stereocenters. The largest absolute Gasteiger partial charge is 0.480 e. The number of carbonyl (C=O) groups is 3. The fourth-order valence-electron chi connectivity index (χ4n) is 3.75. The van der Waals surface area contributed by atoms with Gasteiger partial charge in [0.1, 0.15) is 0 Å². The van der Waals surface area contributed by atoms with Gasteiger partial charge in [0.05, 0.1) is 19.6 Å². The second-order valence-electron chi connectivity index (χ2n) is 8.41. The van der Waals surface area contributed by atoms with E-state index in [0.29, 0.717) is 26.1 Å². The zero-order valence-corrected chi connectivity index (χ0v) is 19.4. The molecule has 0 atom stereocenters. The Bertz CT molecular complexity index is 471. The monoisotopic (exact) mass is 444 g/mol. The van der Waals surface area contributed by atoms with Crippen molar-refractivity contribution in [2.75, 3.05) is 39.3 Å². The molecule has 0 spiro atoms. The van der Waals surface area contributed by atoms with Gasteiger partial charge in [0.15, 0.2) is 0 Å². The third-order valence-electron chi connectivity index (χ3n) is 5.35. The minimum absolute atomic E-state index is 0.0457. The Morgan fingerprint density at radius 2 is 0.806 bits per heavy atom. The molecule has 0 heterocycles. The third kappa shape index (κ3) is 21.4. The van der Waals surface area contributed by atoms with Gasteiger partial charge in [0.2, 0.25) is 0 Å². The zero-order chi connectivity index (χ0) is 23.3. The Hall–Kier alpha value is -1.67. The summed E-state index contributed by atoms with van der Waals surface area (Å²) >= 11 is 0. The van der Waals surface area contributed by atoms with Crippen LogP contribution in [0.3, 0.4) is 0 Å². The summed E-state index contributed by atoms with van der Waals surface area (Å²) in [5.41, 5.74) is 0. The number of hydrogen-bond donors (Lipinski definition) is 3.